The summed E-state index contributed by atoms with van der Waals surface area (Å²) >= 11 is 0. The normalized spacial score (nSPS) is 16.0. The zero-order chi connectivity index (χ0) is 22.5. The summed E-state index contributed by atoms with van der Waals surface area (Å²) in [5.74, 6) is 1.30. The minimum atomic E-state index is -0.185. The second kappa shape index (κ2) is 10.3. The summed E-state index contributed by atoms with van der Waals surface area (Å²) in [6, 6.07) is 5.65. The van der Waals surface area contributed by atoms with Gasteiger partial charge in [-0.2, -0.15) is 0 Å². The molecule has 1 fully saturated rings. The number of amides is 2. The summed E-state index contributed by atoms with van der Waals surface area (Å²) in [6.45, 7) is 7.88. The Hall–Kier alpha value is -2.74. The summed E-state index contributed by atoms with van der Waals surface area (Å²) in [5, 5.41) is 4.07. The third kappa shape index (κ3) is 5.18. The number of pyridine rings is 1. The number of carbonyl (C=O) groups excluding carboxylic acids is 1. The standard InChI is InChI=1S/C24H34N4O4/c1-3-27(4-2)10-11-28(24(30)25-19-8-6-5-7-9-19)15-18-12-17-13-21-22(32-16-31-21)14-20(17)26-23(18)29/h12-14,19H,3-11,15-16H2,1-2H3,(H,25,30)(H,26,29). The van der Waals surface area contributed by atoms with Gasteiger partial charge in [0.2, 0.25) is 6.79 Å². The molecule has 0 radical (unpaired) electrons. The number of benzene rings is 1. The number of hydrogen-bond acceptors (Lipinski definition) is 5. The number of likely N-dealkylation sites (N-methyl/N-ethyl adjacent to an activating group) is 1. The first-order valence-corrected chi connectivity index (χ1v) is 11.8. The van der Waals surface area contributed by atoms with E-state index in [-0.39, 0.29) is 31.0 Å². The molecule has 1 aromatic carbocycles. The lowest BCUT2D eigenvalue weighted by Crippen LogP contribution is -2.48. The maximum atomic E-state index is 13.2. The summed E-state index contributed by atoms with van der Waals surface area (Å²) in [5.41, 5.74) is 1.08. The van der Waals surface area contributed by atoms with E-state index in [0.29, 0.717) is 29.1 Å². The van der Waals surface area contributed by atoms with Gasteiger partial charge < -0.3 is 29.6 Å². The first-order valence-electron chi connectivity index (χ1n) is 11.8. The lowest BCUT2D eigenvalue weighted by Gasteiger charge is -2.30. The van der Waals surface area contributed by atoms with Gasteiger partial charge >= 0.3 is 6.03 Å². The molecule has 0 saturated heterocycles. The zero-order valence-corrected chi connectivity index (χ0v) is 19.1. The topological polar surface area (TPSA) is 86.9 Å². The number of hydrogen-bond donors (Lipinski definition) is 2. The van der Waals surface area contributed by atoms with Crippen LogP contribution in [0.25, 0.3) is 10.9 Å². The van der Waals surface area contributed by atoms with Gasteiger partial charge in [0, 0.05) is 36.1 Å². The van der Waals surface area contributed by atoms with Crippen molar-refractivity contribution in [3.05, 3.63) is 34.1 Å². The average Bonchev–Trinajstić information content (AvgIpc) is 3.25. The van der Waals surface area contributed by atoms with Gasteiger partial charge in [-0.05, 0) is 38.1 Å². The predicted octanol–water partition coefficient (Wildman–Crippen LogP) is 3.44. The minimum Gasteiger partial charge on any atom is -0.454 e. The van der Waals surface area contributed by atoms with E-state index in [1.807, 2.05) is 12.1 Å². The zero-order valence-electron chi connectivity index (χ0n) is 19.1. The molecule has 2 heterocycles. The summed E-state index contributed by atoms with van der Waals surface area (Å²) in [6.07, 6.45) is 5.61. The summed E-state index contributed by atoms with van der Waals surface area (Å²) in [4.78, 5) is 33.0. The van der Waals surface area contributed by atoms with Crippen molar-refractivity contribution in [1.82, 2.24) is 20.1 Å². The van der Waals surface area contributed by atoms with Crippen molar-refractivity contribution in [3.8, 4) is 11.5 Å². The molecular weight excluding hydrogens is 408 g/mol. The lowest BCUT2D eigenvalue weighted by atomic mass is 9.96. The number of aromatic nitrogens is 1. The van der Waals surface area contributed by atoms with Gasteiger partial charge in [-0.25, -0.2) is 4.79 Å². The Morgan fingerprint density at radius 1 is 1.06 bits per heavy atom. The van der Waals surface area contributed by atoms with Crippen molar-refractivity contribution >= 4 is 16.9 Å². The van der Waals surface area contributed by atoms with E-state index >= 15 is 0 Å². The Kier molecular flexibility index (Phi) is 7.19. The van der Waals surface area contributed by atoms with Crippen LogP contribution in [0.15, 0.2) is 23.0 Å². The van der Waals surface area contributed by atoms with Crippen LogP contribution in [0.5, 0.6) is 11.5 Å². The molecule has 8 heteroatoms. The number of H-pyrrole nitrogens is 1. The molecule has 2 aromatic rings. The van der Waals surface area contributed by atoms with Crippen LogP contribution in [0, 0.1) is 0 Å². The molecule has 2 N–H and O–H groups in total. The highest BCUT2D eigenvalue weighted by atomic mass is 16.7. The maximum Gasteiger partial charge on any atom is 0.317 e. The third-order valence-electron chi connectivity index (χ3n) is 6.58. The Morgan fingerprint density at radius 2 is 1.78 bits per heavy atom. The highest BCUT2D eigenvalue weighted by Crippen LogP contribution is 2.35. The summed E-state index contributed by atoms with van der Waals surface area (Å²) in [7, 11) is 0. The molecule has 1 aliphatic heterocycles. The van der Waals surface area contributed by atoms with Crippen molar-refractivity contribution in [2.45, 2.75) is 58.5 Å². The Bertz CT molecular complexity index is 995. The molecule has 32 heavy (non-hydrogen) atoms. The molecule has 8 nitrogen and oxygen atoms in total. The van der Waals surface area contributed by atoms with Crippen molar-refractivity contribution in [2.75, 3.05) is 33.0 Å². The van der Waals surface area contributed by atoms with Crippen LogP contribution >= 0.6 is 0 Å². The van der Waals surface area contributed by atoms with E-state index in [2.05, 4.69) is 29.0 Å². The number of urea groups is 1. The second-order valence-corrected chi connectivity index (χ2v) is 8.65. The van der Waals surface area contributed by atoms with Crippen molar-refractivity contribution in [3.63, 3.8) is 0 Å². The summed E-state index contributed by atoms with van der Waals surface area (Å²) < 4.78 is 10.9. The number of rotatable bonds is 8. The van der Waals surface area contributed by atoms with Crippen LogP contribution in [-0.4, -0.2) is 59.8 Å². The monoisotopic (exact) mass is 442 g/mol. The van der Waals surface area contributed by atoms with Gasteiger partial charge in [-0.15, -0.1) is 0 Å². The van der Waals surface area contributed by atoms with E-state index < -0.39 is 0 Å². The Labute approximate surface area is 188 Å². The van der Waals surface area contributed by atoms with Crippen LogP contribution in [-0.2, 0) is 6.54 Å². The van der Waals surface area contributed by atoms with E-state index in [0.717, 1.165) is 50.7 Å². The highest BCUT2D eigenvalue weighted by molar-refractivity contribution is 5.83. The molecule has 0 unspecified atom stereocenters. The molecule has 2 aliphatic rings. The van der Waals surface area contributed by atoms with Gasteiger partial charge in [-0.3, -0.25) is 4.79 Å². The highest BCUT2D eigenvalue weighted by Gasteiger charge is 2.22. The molecule has 4 rings (SSSR count). The third-order valence-corrected chi connectivity index (χ3v) is 6.58. The quantitative estimate of drug-likeness (QED) is 0.654. The number of nitrogens with one attached hydrogen (secondary N) is 2. The maximum absolute atomic E-state index is 13.2. The second-order valence-electron chi connectivity index (χ2n) is 8.65. The van der Waals surface area contributed by atoms with Crippen LogP contribution in [0.4, 0.5) is 4.79 Å². The fourth-order valence-electron chi connectivity index (χ4n) is 4.53. The molecular formula is C24H34N4O4. The van der Waals surface area contributed by atoms with Gasteiger partial charge in [0.05, 0.1) is 12.1 Å². The fourth-order valence-corrected chi connectivity index (χ4v) is 4.53. The smallest absolute Gasteiger partial charge is 0.317 e. The molecule has 2 amide bonds. The lowest BCUT2D eigenvalue weighted by molar-refractivity contribution is 0.174. The van der Waals surface area contributed by atoms with E-state index in [4.69, 9.17) is 9.47 Å². The first-order chi connectivity index (χ1) is 15.6. The number of aromatic amines is 1. The van der Waals surface area contributed by atoms with Crippen LogP contribution in [0.2, 0.25) is 0 Å². The molecule has 0 spiro atoms. The van der Waals surface area contributed by atoms with Crippen molar-refractivity contribution in [2.24, 2.45) is 0 Å². The van der Waals surface area contributed by atoms with Crippen molar-refractivity contribution < 1.29 is 14.3 Å². The largest absolute Gasteiger partial charge is 0.454 e. The number of carbonyl (C=O) groups is 1. The molecule has 1 saturated carbocycles. The number of ether oxygens (including phenoxy) is 2. The Balaban J connectivity index is 1.55. The van der Waals surface area contributed by atoms with Crippen molar-refractivity contribution in [1.29, 1.82) is 0 Å². The number of fused-ring (bicyclic) bond motifs is 2. The van der Waals surface area contributed by atoms with Gasteiger partial charge in [0.15, 0.2) is 11.5 Å². The fraction of sp³-hybridized carbons (Fsp3) is 0.583. The molecule has 174 valence electrons. The molecule has 1 aromatic heterocycles. The van der Waals surface area contributed by atoms with Gasteiger partial charge in [-0.1, -0.05) is 33.1 Å². The molecule has 0 atom stereocenters. The number of nitrogens with zero attached hydrogens (tertiary/aromatic N) is 2. The van der Waals surface area contributed by atoms with E-state index in [1.54, 1.807) is 11.0 Å². The average molecular weight is 443 g/mol. The van der Waals surface area contributed by atoms with Crippen LogP contribution in [0.1, 0.15) is 51.5 Å². The van der Waals surface area contributed by atoms with Crippen LogP contribution in [0.3, 0.4) is 0 Å². The SMILES string of the molecule is CCN(CC)CCN(Cc1cc2cc3c(cc2[nH]c1=O)OCO3)C(=O)NC1CCCCC1. The van der Waals surface area contributed by atoms with Gasteiger partial charge in [0.1, 0.15) is 0 Å². The van der Waals surface area contributed by atoms with E-state index in [1.165, 1.54) is 6.42 Å². The van der Waals surface area contributed by atoms with Gasteiger partial charge in [0.25, 0.3) is 5.56 Å². The molecule has 0 bridgehead atoms. The predicted molar refractivity (Wildman–Crippen MR) is 124 cm³/mol. The van der Waals surface area contributed by atoms with E-state index in [9.17, 15) is 9.59 Å². The Morgan fingerprint density at radius 3 is 2.50 bits per heavy atom. The minimum absolute atomic E-state index is 0.0887. The first kappa shape index (κ1) is 22.5. The molecule has 1 aliphatic carbocycles. The van der Waals surface area contributed by atoms with Crippen LogP contribution < -0.4 is 20.3 Å².